The summed E-state index contributed by atoms with van der Waals surface area (Å²) in [6.45, 7) is 0. The minimum atomic E-state index is 0.402. The zero-order chi connectivity index (χ0) is 17.1. The van der Waals surface area contributed by atoms with Crippen molar-refractivity contribution >= 4 is 21.5 Å². The Kier molecular flexibility index (Phi) is 2.81. The fourth-order valence-corrected chi connectivity index (χ4v) is 5.00. The molecule has 0 heteroatoms. The van der Waals surface area contributed by atoms with Gasteiger partial charge in [0.2, 0.25) is 0 Å². The van der Waals surface area contributed by atoms with Gasteiger partial charge in [-0.2, -0.15) is 0 Å². The van der Waals surface area contributed by atoms with Crippen LogP contribution >= 0.6 is 0 Å². The van der Waals surface area contributed by atoms with E-state index in [1.807, 2.05) is 0 Å². The second-order valence-electron chi connectivity index (χ2n) is 7.29. The first-order valence-electron chi connectivity index (χ1n) is 9.31. The predicted molar refractivity (Wildman–Crippen MR) is 111 cm³/mol. The maximum absolute atomic E-state index is 2.39. The van der Waals surface area contributed by atoms with E-state index in [1.165, 1.54) is 43.8 Å². The van der Waals surface area contributed by atoms with E-state index in [2.05, 4.69) is 97.1 Å². The molecule has 2 aliphatic rings. The zero-order valence-corrected chi connectivity index (χ0v) is 14.4. The fourth-order valence-electron chi connectivity index (χ4n) is 5.00. The van der Waals surface area contributed by atoms with Crippen LogP contribution in [0.25, 0.3) is 32.7 Å². The van der Waals surface area contributed by atoms with Gasteiger partial charge in [-0.1, -0.05) is 97.1 Å². The lowest BCUT2D eigenvalue weighted by Crippen LogP contribution is -2.17. The molecule has 2 aliphatic carbocycles. The molecular formula is C26H18. The number of allylic oxidation sites excluding steroid dienone is 4. The Bertz CT molecular complexity index is 1240. The smallest absolute Gasteiger partial charge is 0.0137 e. The van der Waals surface area contributed by atoms with Gasteiger partial charge in [-0.3, -0.25) is 0 Å². The SMILES string of the molecule is C1=CC2c3ccccc3-c3c(c4ccccc4c4ccccc34)C2C=C1. The van der Waals surface area contributed by atoms with Crippen LogP contribution in [0.2, 0.25) is 0 Å². The molecular weight excluding hydrogens is 312 g/mol. The molecule has 0 fully saturated rings. The highest BCUT2D eigenvalue weighted by atomic mass is 14.4. The maximum Gasteiger partial charge on any atom is 0.0137 e. The average molecular weight is 330 g/mol. The van der Waals surface area contributed by atoms with Gasteiger partial charge in [-0.15, -0.1) is 0 Å². The van der Waals surface area contributed by atoms with Crippen molar-refractivity contribution in [3.8, 4) is 11.1 Å². The van der Waals surface area contributed by atoms with Crippen molar-refractivity contribution in [1.29, 1.82) is 0 Å². The molecule has 4 aromatic rings. The lowest BCUT2D eigenvalue weighted by molar-refractivity contribution is 0.726. The lowest BCUT2D eigenvalue weighted by Gasteiger charge is -2.35. The number of rotatable bonds is 0. The van der Waals surface area contributed by atoms with Crippen LogP contribution in [0.15, 0.2) is 97.1 Å². The molecule has 0 nitrogen and oxygen atoms in total. The van der Waals surface area contributed by atoms with Gasteiger partial charge in [0.15, 0.2) is 0 Å². The molecule has 0 heterocycles. The van der Waals surface area contributed by atoms with Crippen LogP contribution in [0.1, 0.15) is 23.0 Å². The summed E-state index contributed by atoms with van der Waals surface area (Å²) < 4.78 is 0. The van der Waals surface area contributed by atoms with Crippen molar-refractivity contribution in [1.82, 2.24) is 0 Å². The molecule has 122 valence electrons. The standard InChI is InChI=1S/C26H18/c1-5-13-21-17(9-1)18-10-2-6-14-22(18)26-24-16-8-4-12-20(24)19-11-3-7-15-23(19)25(21)26/h1-17,21H. The van der Waals surface area contributed by atoms with Gasteiger partial charge >= 0.3 is 0 Å². The summed E-state index contributed by atoms with van der Waals surface area (Å²) in [7, 11) is 0. The van der Waals surface area contributed by atoms with Gasteiger partial charge in [0.05, 0.1) is 0 Å². The third-order valence-electron chi connectivity index (χ3n) is 6.03. The summed E-state index contributed by atoms with van der Waals surface area (Å²) in [5.41, 5.74) is 5.76. The molecule has 0 amide bonds. The highest BCUT2D eigenvalue weighted by Gasteiger charge is 2.34. The summed E-state index contributed by atoms with van der Waals surface area (Å²) in [5.74, 6) is 0.827. The van der Waals surface area contributed by atoms with Gasteiger partial charge in [0.25, 0.3) is 0 Å². The highest BCUT2D eigenvalue weighted by Crippen LogP contribution is 2.54. The van der Waals surface area contributed by atoms with E-state index in [4.69, 9.17) is 0 Å². The van der Waals surface area contributed by atoms with E-state index in [0.717, 1.165) is 0 Å². The molecule has 26 heavy (non-hydrogen) atoms. The second kappa shape index (κ2) is 5.19. The van der Waals surface area contributed by atoms with Gasteiger partial charge in [0.1, 0.15) is 0 Å². The number of fused-ring (bicyclic) bond motifs is 11. The molecule has 6 rings (SSSR count). The van der Waals surface area contributed by atoms with E-state index in [-0.39, 0.29) is 0 Å². The van der Waals surface area contributed by atoms with E-state index >= 15 is 0 Å². The van der Waals surface area contributed by atoms with Crippen LogP contribution in [-0.4, -0.2) is 0 Å². The largest absolute Gasteiger partial charge is 0.0761 e. The van der Waals surface area contributed by atoms with Crippen molar-refractivity contribution < 1.29 is 0 Å². The Balaban J connectivity index is 1.89. The molecule has 0 spiro atoms. The quantitative estimate of drug-likeness (QED) is 0.305. The Morgan fingerprint density at radius 1 is 0.500 bits per heavy atom. The second-order valence-corrected chi connectivity index (χ2v) is 7.29. The fraction of sp³-hybridized carbons (Fsp3) is 0.0769. The van der Waals surface area contributed by atoms with E-state index in [9.17, 15) is 0 Å². The van der Waals surface area contributed by atoms with Gasteiger partial charge in [-0.05, 0) is 43.8 Å². The molecule has 0 N–H and O–H groups in total. The van der Waals surface area contributed by atoms with Crippen molar-refractivity contribution in [2.24, 2.45) is 0 Å². The third-order valence-corrected chi connectivity index (χ3v) is 6.03. The first kappa shape index (κ1) is 14.1. The lowest BCUT2D eigenvalue weighted by atomic mass is 9.67. The summed E-state index contributed by atoms with van der Waals surface area (Å²) in [6, 6.07) is 26.8. The molecule has 0 saturated carbocycles. The summed E-state index contributed by atoms with van der Waals surface area (Å²) in [5, 5.41) is 5.48. The van der Waals surface area contributed by atoms with Gasteiger partial charge in [0, 0.05) is 11.8 Å². The van der Waals surface area contributed by atoms with E-state index < -0.39 is 0 Å². The van der Waals surface area contributed by atoms with Crippen LogP contribution < -0.4 is 0 Å². The summed E-state index contributed by atoms with van der Waals surface area (Å²) >= 11 is 0. The predicted octanol–water partition coefficient (Wildman–Crippen LogP) is 6.97. The topological polar surface area (TPSA) is 0 Å². The van der Waals surface area contributed by atoms with Crippen LogP contribution in [0.4, 0.5) is 0 Å². The van der Waals surface area contributed by atoms with Crippen LogP contribution in [0.3, 0.4) is 0 Å². The van der Waals surface area contributed by atoms with Crippen LogP contribution in [-0.2, 0) is 0 Å². The van der Waals surface area contributed by atoms with Gasteiger partial charge in [-0.25, -0.2) is 0 Å². The number of benzene rings is 4. The minimum absolute atomic E-state index is 0.402. The van der Waals surface area contributed by atoms with E-state index in [0.29, 0.717) is 11.8 Å². The Hall–Kier alpha value is -3.12. The molecule has 0 saturated heterocycles. The average Bonchev–Trinajstić information content (AvgIpc) is 2.73. The molecule has 4 aromatic carbocycles. The first-order valence-corrected chi connectivity index (χ1v) is 9.31. The monoisotopic (exact) mass is 330 g/mol. The normalized spacial score (nSPS) is 20.0. The number of hydrogen-bond acceptors (Lipinski definition) is 0. The third kappa shape index (κ3) is 1.74. The van der Waals surface area contributed by atoms with Crippen molar-refractivity contribution in [2.75, 3.05) is 0 Å². The molecule has 0 aromatic heterocycles. The van der Waals surface area contributed by atoms with Crippen molar-refractivity contribution in [2.45, 2.75) is 11.8 Å². The van der Waals surface area contributed by atoms with E-state index in [1.54, 1.807) is 0 Å². The van der Waals surface area contributed by atoms with Crippen molar-refractivity contribution in [3.05, 3.63) is 108 Å². The van der Waals surface area contributed by atoms with Crippen LogP contribution in [0, 0.1) is 0 Å². The van der Waals surface area contributed by atoms with Crippen LogP contribution in [0.5, 0.6) is 0 Å². The number of hydrogen-bond donors (Lipinski definition) is 0. The Labute approximate surface area is 153 Å². The highest BCUT2D eigenvalue weighted by molar-refractivity contribution is 6.17. The Morgan fingerprint density at radius 2 is 1.08 bits per heavy atom. The first-order chi connectivity index (χ1) is 12.9. The molecule has 0 bridgehead atoms. The maximum atomic E-state index is 2.39. The molecule has 2 atom stereocenters. The molecule has 2 unspecified atom stereocenters. The minimum Gasteiger partial charge on any atom is -0.0761 e. The zero-order valence-electron chi connectivity index (χ0n) is 14.4. The van der Waals surface area contributed by atoms with Gasteiger partial charge < -0.3 is 0 Å². The Morgan fingerprint density at radius 3 is 1.88 bits per heavy atom. The summed E-state index contributed by atoms with van der Waals surface area (Å²) in [6.07, 6.45) is 9.17. The molecule has 0 aliphatic heterocycles. The summed E-state index contributed by atoms with van der Waals surface area (Å²) in [4.78, 5) is 0. The van der Waals surface area contributed by atoms with Crippen molar-refractivity contribution in [3.63, 3.8) is 0 Å². The molecule has 0 radical (unpaired) electrons.